The van der Waals surface area contributed by atoms with Crippen molar-refractivity contribution in [2.45, 2.75) is 83.5 Å². The average molecular weight is 764 g/mol. The van der Waals surface area contributed by atoms with E-state index in [1.165, 1.54) is 33.9 Å². The van der Waals surface area contributed by atoms with Gasteiger partial charge in [-0.1, -0.05) is 87.0 Å². The number of nitrogens with zero attached hydrogens (tertiary/aromatic N) is 2. The molecular weight excluding hydrogens is 705 g/mol. The Kier molecular flexibility index (Phi) is 15.8. The smallest absolute Gasteiger partial charge is 0.219 e. The molecule has 0 unspecified atom stereocenters. The van der Waals surface area contributed by atoms with Crippen molar-refractivity contribution in [3.63, 3.8) is 0 Å². The van der Waals surface area contributed by atoms with Gasteiger partial charge in [0, 0.05) is 54.0 Å². The number of allylic oxidation sites excluding steroid dienone is 8. The molecule has 0 aliphatic carbocycles. The minimum Gasteiger partial charge on any atom is -1.00 e. The van der Waals surface area contributed by atoms with E-state index >= 15 is 0 Å². The molecule has 0 radical (unpaired) electrons. The van der Waals surface area contributed by atoms with E-state index in [1.807, 2.05) is 0 Å². The van der Waals surface area contributed by atoms with Crippen LogP contribution in [0.25, 0.3) is 0 Å². The number of rotatable bonds is 18. The molecule has 4 rings (SSSR count). The Morgan fingerprint density at radius 2 is 1.48 bits per heavy atom. The molecule has 6 nitrogen and oxygen atoms in total. The minimum absolute atomic E-state index is 0. The van der Waals surface area contributed by atoms with Gasteiger partial charge in [0.1, 0.15) is 7.05 Å². The Morgan fingerprint density at radius 1 is 0.792 bits per heavy atom. The van der Waals surface area contributed by atoms with Crippen LogP contribution in [0.2, 0.25) is 0 Å². The number of nitrogens with two attached hydrogens (primary N) is 1. The molecule has 260 valence electrons. The number of hydrogen-bond acceptors (Lipinski definition) is 4. The van der Waals surface area contributed by atoms with Gasteiger partial charge in [-0.3, -0.25) is 4.79 Å². The van der Waals surface area contributed by atoms with Crippen molar-refractivity contribution in [2.24, 2.45) is 5.73 Å². The lowest BCUT2D eigenvalue weighted by atomic mass is 9.81. The number of halogens is 1. The minimum atomic E-state index is -0.0754. The van der Waals surface area contributed by atoms with Crippen LogP contribution in [0.1, 0.15) is 83.8 Å². The molecule has 48 heavy (non-hydrogen) atoms. The Balaban J connectivity index is 0.00000625. The van der Waals surface area contributed by atoms with E-state index < -0.39 is 0 Å². The van der Waals surface area contributed by atoms with E-state index in [4.69, 9.17) is 5.73 Å². The van der Waals surface area contributed by atoms with E-state index in [9.17, 15) is 4.79 Å². The summed E-state index contributed by atoms with van der Waals surface area (Å²) in [5.41, 5.74) is 13.4. The first-order valence-electron chi connectivity index (χ1n) is 17.7. The lowest BCUT2D eigenvalue weighted by Crippen LogP contribution is -3.00. The van der Waals surface area contributed by atoms with Crippen molar-refractivity contribution in [1.29, 1.82) is 0 Å². The Morgan fingerprint density at radius 3 is 2.25 bits per heavy atom. The maximum Gasteiger partial charge on any atom is 0.219 e. The SMILES string of the molecule is C[N+]1=C(C=CC=CC=CC=C2N(CCCCCC(=O)NCCCNCCCCN)c3ccccc3C2(C)C)C(C)(C)c2ccccc21.[I-]. The van der Waals surface area contributed by atoms with Crippen LogP contribution in [-0.2, 0) is 15.6 Å². The molecule has 1 amide bonds. The van der Waals surface area contributed by atoms with Gasteiger partial charge in [0.2, 0.25) is 11.6 Å². The Bertz CT molecular complexity index is 1500. The largest absolute Gasteiger partial charge is 1.00 e. The summed E-state index contributed by atoms with van der Waals surface area (Å²) >= 11 is 0. The molecule has 4 N–H and O–H groups in total. The van der Waals surface area contributed by atoms with Gasteiger partial charge in [0.15, 0.2) is 5.71 Å². The molecule has 0 aromatic heterocycles. The predicted molar refractivity (Wildman–Crippen MR) is 200 cm³/mol. The molecule has 0 spiro atoms. The number of para-hydroxylation sites is 2. The van der Waals surface area contributed by atoms with Crippen LogP contribution >= 0.6 is 0 Å². The molecule has 7 heteroatoms. The molecule has 0 bridgehead atoms. The van der Waals surface area contributed by atoms with E-state index in [2.05, 4.69) is 146 Å². The fourth-order valence-corrected chi connectivity index (χ4v) is 6.95. The summed E-state index contributed by atoms with van der Waals surface area (Å²) in [7, 11) is 2.15. The number of anilines is 1. The number of unbranched alkanes of at least 4 members (excludes halogenated alkanes) is 3. The van der Waals surface area contributed by atoms with Gasteiger partial charge in [-0.05, 0) is 83.3 Å². The normalized spacial score (nSPS) is 17.1. The number of carbonyl (C=O) groups is 1. The van der Waals surface area contributed by atoms with E-state index in [0.717, 1.165) is 71.2 Å². The van der Waals surface area contributed by atoms with Crippen molar-refractivity contribution in [2.75, 3.05) is 44.7 Å². The summed E-state index contributed by atoms with van der Waals surface area (Å²) < 4.78 is 2.30. The molecule has 2 heterocycles. The maximum absolute atomic E-state index is 12.3. The highest BCUT2D eigenvalue weighted by atomic mass is 127. The number of hydrogen-bond donors (Lipinski definition) is 3. The van der Waals surface area contributed by atoms with Crippen LogP contribution in [0.4, 0.5) is 11.4 Å². The van der Waals surface area contributed by atoms with Crippen LogP contribution in [0, 0.1) is 0 Å². The third kappa shape index (κ3) is 10.0. The summed E-state index contributed by atoms with van der Waals surface area (Å²) in [6, 6.07) is 17.4. The fraction of sp³-hybridized carbons (Fsp3) is 0.463. The van der Waals surface area contributed by atoms with Gasteiger partial charge in [0.25, 0.3) is 0 Å². The summed E-state index contributed by atoms with van der Waals surface area (Å²) in [6.07, 6.45) is 21.9. The summed E-state index contributed by atoms with van der Waals surface area (Å²) in [5, 5.41) is 6.48. The maximum atomic E-state index is 12.3. The lowest BCUT2D eigenvalue weighted by Gasteiger charge is -2.27. The first-order valence-corrected chi connectivity index (χ1v) is 17.7. The molecular formula is C41H58IN5O. The van der Waals surface area contributed by atoms with E-state index in [0.29, 0.717) is 6.42 Å². The quantitative estimate of drug-likeness (QED) is 0.0910. The molecule has 0 saturated heterocycles. The van der Waals surface area contributed by atoms with Crippen molar-refractivity contribution in [1.82, 2.24) is 10.6 Å². The number of amides is 1. The van der Waals surface area contributed by atoms with Crippen LogP contribution in [0.15, 0.2) is 96.8 Å². The molecule has 2 aliphatic rings. The number of nitrogens with one attached hydrogen (secondary N) is 2. The van der Waals surface area contributed by atoms with Crippen LogP contribution in [0.3, 0.4) is 0 Å². The first kappa shape index (κ1) is 39.4. The zero-order valence-corrected chi connectivity index (χ0v) is 32.1. The van der Waals surface area contributed by atoms with Crippen molar-refractivity contribution in [3.05, 3.63) is 108 Å². The molecule has 0 saturated carbocycles. The van der Waals surface area contributed by atoms with Crippen LogP contribution in [-0.4, -0.2) is 56.0 Å². The Hall–Kier alpha value is -3.01. The highest BCUT2D eigenvalue weighted by molar-refractivity contribution is 6.03. The van der Waals surface area contributed by atoms with Gasteiger partial charge < -0.3 is 45.2 Å². The standard InChI is InChI=1S/C41H57N5O.HI/c1-40(2)33-21-13-15-23-35(33)45(5)37(40)25-10-7-6-8-11-26-38-41(3,4)34-22-14-16-24-36(34)46(38)32-19-9-12-27-39(47)44-31-20-30-43-29-18-17-28-42;/h6-8,10-11,13-16,21-26,43H,9,12,17-20,27-32,42H2,1-5H3;1H. The van der Waals surface area contributed by atoms with Crippen molar-refractivity contribution < 1.29 is 33.3 Å². The van der Waals surface area contributed by atoms with Gasteiger partial charge in [-0.25, -0.2) is 0 Å². The Labute approximate surface area is 307 Å². The third-order valence-corrected chi connectivity index (χ3v) is 9.64. The fourth-order valence-electron chi connectivity index (χ4n) is 6.95. The second-order valence-electron chi connectivity index (χ2n) is 13.8. The highest BCUT2D eigenvalue weighted by Crippen LogP contribution is 2.47. The summed E-state index contributed by atoms with van der Waals surface area (Å²) in [6.45, 7) is 13.6. The van der Waals surface area contributed by atoms with Gasteiger partial charge in [-0.2, -0.15) is 4.58 Å². The van der Waals surface area contributed by atoms with Crippen LogP contribution in [0.5, 0.6) is 0 Å². The highest BCUT2D eigenvalue weighted by Gasteiger charge is 2.42. The molecule has 2 aliphatic heterocycles. The summed E-state index contributed by atoms with van der Waals surface area (Å²) in [5.74, 6) is 0.164. The second kappa shape index (κ2) is 19.2. The second-order valence-corrected chi connectivity index (χ2v) is 13.8. The van der Waals surface area contributed by atoms with Crippen molar-refractivity contribution in [3.8, 4) is 0 Å². The van der Waals surface area contributed by atoms with E-state index in [1.54, 1.807) is 0 Å². The molecule has 2 aromatic rings. The van der Waals surface area contributed by atoms with Gasteiger partial charge in [0.05, 0.1) is 5.41 Å². The topological polar surface area (TPSA) is 73.4 Å². The zero-order chi connectivity index (χ0) is 33.7. The van der Waals surface area contributed by atoms with Crippen LogP contribution < -0.4 is 45.2 Å². The number of fused-ring (bicyclic) bond motifs is 2. The zero-order valence-electron chi connectivity index (χ0n) is 29.9. The summed E-state index contributed by atoms with van der Waals surface area (Å²) in [4.78, 5) is 14.8. The molecule has 0 atom stereocenters. The lowest BCUT2D eigenvalue weighted by molar-refractivity contribution is -0.401. The molecule has 2 aromatic carbocycles. The monoisotopic (exact) mass is 763 g/mol. The van der Waals surface area contributed by atoms with E-state index in [-0.39, 0.29) is 40.7 Å². The van der Waals surface area contributed by atoms with Gasteiger partial charge >= 0.3 is 0 Å². The number of carbonyl (C=O) groups excluding carboxylic acids is 1. The van der Waals surface area contributed by atoms with Gasteiger partial charge in [-0.15, -0.1) is 0 Å². The third-order valence-electron chi connectivity index (χ3n) is 9.64. The first-order chi connectivity index (χ1) is 22.7. The predicted octanol–water partition coefficient (Wildman–Crippen LogP) is 4.44. The number of benzene rings is 2. The molecule has 0 fully saturated rings. The van der Waals surface area contributed by atoms with Crippen molar-refractivity contribution >= 4 is 23.0 Å². The average Bonchev–Trinajstić information content (AvgIpc) is 3.39.